The summed E-state index contributed by atoms with van der Waals surface area (Å²) in [6.07, 6.45) is 1.69. The molecular formula is C17H14F3NO3S. The van der Waals surface area contributed by atoms with Crippen LogP contribution >= 0.6 is 11.3 Å². The fourth-order valence-electron chi connectivity index (χ4n) is 2.56. The van der Waals surface area contributed by atoms with Crippen LogP contribution in [0.15, 0.2) is 18.2 Å². The molecule has 8 heteroatoms. The van der Waals surface area contributed by atoms with Crippen LogP contribution in [0.25, 0.3) is 0 Å². The van der Waals surface area contributed by atoms with Crippen LogP contribution in [0.4, 0.5) is 18.9 Å². The Hall–Kier alpha value is -2.35. The molecule has 1 aromatic heterocycles. The summed E-state index contributed by atoms with van der Waals surface area (Å²) < 4.78 is 44.7. The molecular weight excluding hydrogens is 355 g/mol. The van der Waals surface area contributed by atoms with Gasteiger partial charge in [0.05, 0.1) is 5.69 Å². The van der Waals surface area contributed by atoms with Gasteiger partial charge in [-0.25, -0.2) is 18.0 Å². The lowest BCUT2D eigenvalue weighted by Gasteiger charge is -2.13. The number of aryl methyl sites for hydroxylation is 2. The lowest BCUT2D eigenvalue weighted by Crippen LogP contribution is -2.30. The zero-order chi connectivity index (χ0) is 18.1. The van der Waals surface area contributed by atoms with E-state index in [1.54, 1.807) is 6.07 Å². The van der Waals surface area contributed by atoms with Gasteiger partial charge >= 0.3 is 5.97 Å². The summed E-state index contributed by atoms with van der Waals surface area (Å²) in [5.41, 5.74) is 0.597. The van der Waals surface area contributed by atoms with E-state index >= 15 is 0 Å². The van der Waals surface area contributed by atoms with Crippen molar-refractivity contribution in [2.75, 3.05) is 5.32 Å². The fraction of sp³-hybridized carbons (Fsp3) is 0.294. The van der Waals surface area contributed by atoms with E-state index in [0.29, 0.717) is 10.9 Å². The van der Waals surface area contributed by atoms with Crippen molar-refractivity contribution in [1.29, 1.82) is 0 Å². The van der Waals surface area contributed by atoms with E-state index in [-0.39, 0.29) is 0 Å². The van der Waals surface area contributed by atoms with Crippen molar-refractivity contribution >= 4 is 28.9 Å². The fourth-order valence-corrected chi connectivity index (χ4v) is 3.70. The maximum Gasteiger partial charge on any atom is 0.349 e. The first-order valence-electron chi connectivity index (χ1n) is 7.63. The molecule has 0 saturated carbocycles. The highest BCUT2D eigenvalue weighted by molar-refractivity contribution is 7.14. The molecule has 1 aliphatic carbocycles. The Morgan fingerprint density at radius 1 is 1.20 bits per heavy atom. The van der Waals surface area contributed by atoms with Gasteiger partial charge in [0.25, 0.3) is 5.91 Å². The van der Waals surface area contributed by atoms with Gasteiger partial charge in [-0.15, -0.1) is 11.3 Å². The molecule has 1 aromatic carbocycles. The van der Waals surface area contributed by atoms with E-state index in [0.717, 1.165) is 35.8 Å². The maximum atomic E-state index is 13.6. The smallest absolute Gasteiger partial charge is 0.349 e. The topological polar surface area (TPSA) is 55.4 Å². The molecule has 132 valence electrons. The van der Waals surface area contributed by atoms with Crippen molar-refractivity contribution in [2.45, 2.75) is 32.3 Å². The number of hydrogen-bond donors (Lipinski definition) is 1. The van der Waals surface area contributed by atoms with Gasteiger partial charge in [0.15, 0.2) is 23.6 Å². The molecule has 25 heavy (non-hydrogen) atoms. The second-order valence-electron chi connectivity index (χ2n) is 5.67. The lowest BCUT2D eigenvalue weighted by molar-refractivity contribution is -0.123. The van der Waals surface area contributed by atoms with Gasteiger partial charge in [0, 0.05) is 4.88 Å². The third-order valence-electron chi connectivity index (χ3n) is 3.89. The number of amides is 1. The van der Waals surface area contributed by atoms with Crippen LogP contribution < -0.4 is 5.32 Å². The van der Waals surface area contributed by atoms with Crippen LogP contribution in [-0.4, -0.2) is 18.0 Å². The lowest BCUT2D eigenvalue weighted by atomic mass is 10.2. The molecule has 0 radical (unpaired) electrons. The summed E-state index contributed by atoms with van der Waals surface area (Å²) in [6.45, 7) is 1.31. The average molecular weight is 369 g/mol. The van der Waals surface area contributed by atoms with Crippen LogP contribution in [-0.2, 0) is 22.4 Å². The largest absolute Gasteiger partial charge is 0.448 e. The van der Waals surface area contributed by atoms with E-state index in [4.69, 9.17) is 4.74 Å². The van der Waals surface area contributed by atoms with Gasteiger partial charge in [-0.3, -0.25) is 4.79 Å². The van der Waals surface area contributed by atoms with Gasteiger partial charge in [-0.2, -0.15) is 0 Å². The Bertz CT molecular complexity index is 828. The van der Waals surface area contributed by atoms with Gasteiger partial charge in [0.2, 0.25) is 0 Å². The van der Waals surface area contributed by atoms with Crippen LogP contribution in [0.3, 0.4) is 0 Å². The number of halogens is 3. The number of ether oxygens (including phenoxy) is 1. The number of esters is 1. The van der Waals surface area contributed by atoms with E-state index in [1.165, 1.54) is 18.3 Å². The Labute approximate surface area is 145 Å². The molecule has 0 bridgehead atoms. The number of anilines is 1. The molecule has 0 unspecified atom stereocenters. The van der Waals surface area contributed by atoms with Crippen molar-refractivity contribution < 1.29 is 27.5 Å². The van der Waals surface area contributed by atoms with Crippen LogP contribution in [0.5, 0.6) is 0 Å². The molecule has 2 aromatic rings. The molecule has 0 saturated heterocycles. The number of fused-ring (bicyclic) bond motifs is 1. The number of thiophene rings is 1. The van der Waals surface area contributed by atoms with Crippen LogP contribution in [0.2, 0.25) is 0 Å². The minimum Gasteiger partial charge on any atom is -0.448 e. The highest BCUT2D eigenvalue weighted by Gasteiger charge is 2.24. The third-order valence-corrected chi connectivity index (χ3v) is 5.11. The summed E-state index contributed by atoms with van der Waals surface area (Å²) in [5.74, 6) is -6.05. The van der Waals surface area contributed by atoms with Crippen LogP contribution in [0.1, 0.15) is 33.5 Å². The SMILES string of the molecule is C[C@@H](OC(=O)c1cc2c(s1)CCC2)C(=O)Nc1ccc(F)c(F)c1F. The normalized spacial score (nSPS) is 14.1. The van der Waals surface area contributed by atoms with Crippen molar-refractivity contribution in [3.63, 3.8) is 0 Å². The first-order valence-corrected chi connectivity index (χ1v) is 8.45. The molecule has 0 aliphatic heterocycles. The van der Waals surface area contributed by atoms with E-state index < -0.39 is 41.1 Å². The predicted molar refractivity (Wildman–Crippen MR) is 86.2 cm³/mol. The van der Waals surface area contributed by atoms with Gasteiger partial charge in [-0.05, 0) is 49.9 Å². The van der Waals surface area contributed by atoms with Crippen molar-refractivity contribution in [2.24, 2.45) is 0 Å². The predicted octanol–water partition coefficient (Wildman–Crippen LogP) is 3.84. The molecule has 1 N–H and O–H groups in total. The van der Waals surface area contributed by atoms with E-state index in [9.17, 15) is 22.8 Å². The Balaban J connectivity index is 1.64. The quantitative estimate of drug-likeness (QED) is 0.658. The summed E-state index contributed by atoms with van der Waals surface area (Å²) in [7, 11) is 0. The number of rotatable bonds is 4. The third kappa shape index (κ3) is 3.53. The average Bonchev–Trinajstić information content (AvgIpc) is 3.17. The maximum absolute atomic E-state index is 13.6. The monoisotopic (exact) mass is 369 g/mol. The van der Waals surface area contributed by atoms with Crippen molar-refractivity contribution in [1.82, 2.24) is 0 Å². The van der Waals surface area contributed by atoms with Gasteiger partial charge in [0.1, 0.15) is 4.88 Å². The molecule has 1 atom stereocenters. The van der Waals surface area contributed by atoms with Crippen molar-refractivity contribution in [3.05, 3.63) is 51.0 Å². The molecule has 3 rings (SSSR count). The zero-order valence-corrected chi connectivity index (χ0v) is 14.0. The first kappa shape index (κ1) is 17.5. The highest BCUT2D eigenvalue weighted by Crippen LogP contribution is 2.31. The Morgan fingerprint density at radius 3 is 2.68 bits per heavy atom. The number of carbonyl (C=O) groups is 2. The second-order valence-corrected chi connectivity index (χ2v) is 6.81. The minimum atomic E-state index is -1.68. The molecule has 0 fully saturated rings. The number of hydrogen-bond acceptors (Lipinski definition) is 4. The Morgan fingerprint density at radius 2 is 1.96 bits per heavy atom. The molecule has 1 amide bonds. The summed E-state index contributed by atoms with van der Waals surface area (Å²) >= 11 is 1.34. The van der Waals surface area contributed by atoms with Gasteiger partial charge < -0.3 is 10.1 Å². The molecule has 0 spiro atoms. The van der Waals surface area contributed by atoms with E-state index in [2.05, 4.69) is 5.32 Å². The van der Waals surface area contributed by atoms with Crippen molar-refractivity contribution in [3.8, 4) is 0 Å². The number of benzene rings is 1. The molecule has 1 aliphatic rings. The molecule has 4 nitrogen and oxygen atoms in total. The van der Waals surface area contributed by atoms with Crippen LogP contribution in [0, 0.1) is 17.5 Å². The standard InChI is InChI=1S/C17H14F3NO3S/c1-8(16(22)21-11-6-5-10(18)14(19)15(11)20)24-17(23)13-7-9-3-2-4-12(9)25-13/h5-8H,2-4H2,1H3,(H,21,22)/t8-/m1/s1. The van der Waals surface area contributed by atoms with E-state index in [1.807, 2.05) is 0 Å². The Kier molecular flexibility index (Phi) is 4.80. The minimum absolute atomic E-state index is 0.406. The molecule has 1 heterocycles. The first-order chi connectivity index (χ1) is 11.9. The summed E-state index contributed by atoms with van der Waals surface area (Å²) in [5, 5.41) is 2.08. The van der Waals surface area contributed by atoms with Gasteiger partial charge in [-0.1, -0.05) is 0 Å². The summed E-state index contributed by atoms with van der Waals surface area (Å²) in [6, 6.07) is 3.34. The highest BCUT2D eigenvalue weighted by atomic mass is 32.1. The summed E-state index contributed by atoms with van der Waals surface area (Å²) in [4.78, 5) is 25.7. The second kappa shape index (κ2) is 6.87. The number of carbonyl (C=O) groups excluding carboxylic acids is 2. The zero-order valence-electron chi connectivity index (χ0n) is 13.2. The number of nitrogens with one attached hydrogen (secondary N) is 1.